The van der Waals surface area contributed by atoms with Crippen molar-refractivity contribution in [3.05, 3.63) is 143 Å². The lowest BCUT2D eigenvalue weighted by molar-refractivity contribution is 1.50. The summed E-state index contributed by atoms with van der Waals surface area (Å²) in [5.41, 5.74) is 10.8. The van der Waals surface area contributed by atoms with Gasteiger partial charge in [0, 0.05) is 33.4 Å². The Labute approximate surface area is 175 Å². The van der Waals surface area contributed by atoms with Crippen molar-refractivity contribution >= 4 is 22.8 Å². The molecule has 0 unspecified atom stereocenters. The molecule has 4 aromatic carbocycles. The first-order chi connectivity index (χ1) is 14.9. The van der Waals surface area contributed by atoms with Crippen molar-refractivity contribution in [2.45, 2.75) is 0 Å². The van der Waals surface area contributed by atoms with Crippen molar-refractivity contribution in [2.24, 2.45) is 9.98 Å². The van der Waals surface area contributed by atoms with Gasteiger partial charge < -0.3 is 0 Å². The number of rotatable bonds is 2. The van der Waals surface area contributed by atoms with Gasteiger partial charge in [-0.1, -0.05) is 109 Å². The van der Waals surface area contributed by atoms with E-state index >= 15 is 0 Å². The van der Waals surface area contributed by atoms with Crippen LogP contribution in [0.4, 0.5) is 0 Å². The Morgan fingerprint density at radius 2 is 0.667 bits per heavy atom. The van der Waals surface area contributed by atoms with Gasteiger partial charge in [-0.2, -0.15) is 0 Å². The molecule has 0 saturated heterocycles. The van der Waals surface area contributed by atoms with E-state index in [0.717, 1.165) is 56.2 Å². The fourth-order valence-electron chi connectivity index (χ4n) is 4.25. The first-order valence-corrected chi connectivity index (χ1v) is 10.1. The number of benzene rings is 4. The molecule has 2 aliphatic heterocycles. The van der Waals surface area contributed by atoms with Gasteiger partial charge in [-0.25, -0.2) is 9.98 Å². The summed E-state index contributed by atoms with van der Waals surface area (Å²) < 4.78 is 0. The molecule has 0 saturated carbocycles. The molecular weight excluding hydrogens is 364 g/mol. The first kappa shape index (κ1) is 16.9. The van der Waals surface area contributed by atoms with Crippen molar-refractivity contribution in [1.82, 2.24) is 0 Å². The summed E-state index contributed by atoms with van der Waals surface area (Å²) in [5, 5.41) is 0. The molecule has 0 radical (unpaired) electrons. The molecule has 0 fully saturated rings. The number of nitrogens with zero attached hydrogens (tertiary/aromatic N) is 2. The minimum Gasteiger partial charge on any atom is -0.245 e. The third-order valence-corrected chi connectivity index (χ3v) is 5.64. The lowest BCUT2D eigenvalue weighted by Gasteiger charge is -2.04. The van der Waals surface area contributed by atoms with E-state index < -0.39 is 0 Å². The fourth-order valence-corrected chi connectivity index (χ4v) is 4.25. The highest BCUT2D eigenvalue weighted by Gasteiger charge is 2.29. The first-order valence-electron chi connectivity index (χ1n) is 10.1. The average molecular weight is 382 g/mol. The normalized spacial score (nSPS) is 16.7. The quantitative estimate of drug-likeness (QED) is 0.393. The molecule has 0 amide bonds. The van der Waals surface area contributed by atoms with Crippen LogP contribution in [0, 0.1) is 0 Å². The molecule has 2 aliphatic rings. The zero-order valence-corrected chi connectivity index (χ0v) is 16.3. The molecule has 0 atom stereocenters. The zero-order chi connectivity index (χ0) is 19.9. The number of fused-ring (bicyclic) bond motifs is 2. The maximum atomic E-state index is 5.12. The van der Waals surface area contributed by atoms with Gasteiger partial charge >= 0.3 is 0 Å². The standard InChI is InChI=1S/C28H18N2/c1-3-11-19(12-4-1)25-21-15-7-9-17-23(21)27(29-25)28-24-18-10-8-16-22(24)26(30-28)20-13-5-2-6-14-20/h1-18H/b28-27+. The number of aliphatic imine (C=N–C) groups is 2. The predicted molar refractivity (Wildman–Crippen MR) is 124 cm³/mol. The van der Waals surface area contributed by atoms with E-state index in [-0.39, 0.29) is 0 Å². The van der Waals surface area contributed by atoms with Gasteiger partial charge in [0.05, 0.1) is 22.8 Å². The second-order valence-corrected chi connectivity index (χ2v) is 7.44. The lowest BCUT2D eigenvalue weighted by Crippen LogP contribution is -1.99. The van der Waals surface area contributed by atoms with Crippen LogP contribution in [0.15, 0.2) is 119 Å². The Bertz CT molecular complexity index is 1250. The molecule has 2 heteroatoms. The maximum Gasteiger partial charge on any atom is 0.0979 e. The molecule has 0 aliphatic carbocycles. The van der Waals surface area contributed by atoms with Crippen molar-refractivity contribution < 1.29 is 0 Å². The topological polar surface area (TPSA) is 24.7 Å². The van der Waals surface area contributed by atoms with E-state index in [1.54, 1.807) is 0 Å². The molecule has 0 spiro atoms. The Hall–Kier alpha value is -4.04. The number of hydrogen-bond donors (Lipinski definition) is 0. The molecule has 30 heavy (non-hydrogen) atoms. The van der Waals surface area contributed by atoms with Crippen LogP contribution >= 0.6 is 0 Å². The average Bonchev–Trinajstić information content (AvgIpc) is 3.39. The molecule has 2 heterocycles. The number of hydrogen-bond acceptors (Lipinski definition) is 2. The molecule has 6 rings (SSSR count). The van der Waals surface area contributed by atoms with Gasteiger partial charge in [0.25, 0.3) is 0 Å². The second kappa shape index (κ2) is 6.78. The summed E-state index contributed by atoms with van der Waals surface area (Å²) in [6.45, 7) is 0. The maximum absolute atomic E-state index is 5.12. The van der Waals surface area contributed by atoms with Crippen LogP contribution in [0.25, 0.3) is 11.4 Å². The van der Waals surface area contributed by atoms with Crippen LogP contribution in [0.2, 0.25) is 0 Å². The van der Waals surface area contributed by atoms with Crippen LogP contribution in [0.1, 0.15) is 33.4 Å². The summed E-state index contributed by atoms with van der Waals surface area (Å²) in [5.74, 6) is 0. The Balaban J connectivity index is 1.63. The molecule has 0 bridgehead atoms. The SMILES string of the molecule is c1ccc(C2=N/C(=C3/N=C(c4ccccc4)c4ccccc43)c3ccccc32)cc1. The van der Waals surface area contributed by atoms with Gasteiger partial charge in [0.1, 0.15) is 0 Å². The molecule has 2 nitrogen and oxygen atoms in total. The van der Waals surface area contributed by atoms with E-state index in [0.29, 0.717) is 0 Å². The summed E-state index contributed by atoms with van der Waals surface area (Å²) >= 11 is 0. The van der Waals surface area contributed by atoms with Crippen molar-refractivity contribution in [3.63, 3.8) is 0 Å². The summed E-state index contributed by atoms with van der Waals surface area (Å²) in [7, 11) is 0. The highest BCUT2D eigenvalue weighted by molar-refractivity contribution is 6.26. The molecular formula is C28H18N2. The van der Waals surface area contributed by atoms with Crippen molar-refractivity contribution in [3.8, 4) is 0 Å². The highest BCUT2D eigenvalue weighted by atomic mass is 14.9. The minimum atomic E-state index is 0.947. The third kappa shape index (κ3) is 2.58. The van der Waals surface area contributed by atoms with Gasteiger partial charge in [-0.05, 0) is 0 Å². The zero-order valence-electron chi connectivity index (χ0n) is 16.3. The van der Waals surface area contributed by atoms with Crippen LogP contribution in [-0.2, 0) is 0 Å². The third-order valence-electron chi connectivity index (χ3n) is 5.64. The Morgan fingerprint density at radius 1 is 0.333 bits per heavy atom. The van der Waals surface area contributed by atoms with E-state index in [9.17, 15) is 0 Å². The molecule has 140 valence electrons. The van der Waals surface area contributed by atoms with Gasteiger partial charge in [0.15, 0.2) is 0 Å². The van der Waals surface area contributed by atoms with Crippen molar-refractivity contribution in [1.29, 1.82) is 0 Å². The van der Waals surface area contributed by atoms with Crippen LogP contribution in [0.5, 0.6) is 0 Å². The molecule has 4 aromatic rings. The minimum absolute atomic E-state index is 0.947. The van der Waals surface area contributed by atoms with Crippen LogP contribution in [0.3, 0.4) is 0 Å². The van der Waals surface area contributed by atoms with E-state index in [1.807, 2.05) is 12.1 Å². The summed E-state index contributed by atoms with van der Waals surface area (Å²) in [4.78, 5) is 10.2. The Kier molecular flexibility index (Phi) is 3.82. The van der Waals surface area contributed by atoms with Crippen LogP contribution in [-0.4, -0.2) is 11.4 Å². The predicted octanol–water partition coefficient (Wildman–Crippen LogP) is 6.21. The monoisotopic (exact) mass is 382 g/mol. The molecule has 0 aromatic heterocycles. The van der Waals surface area contributed by atoms with E-state index in [1.165, 1.54) is 0 Å². The summed E-state index contributed by atoms with van der Waals surface area (Å²) in [6, 6.07) is 37.7. The van der Waals surface area contributed by atoms with Gasteiger partial charge in [-0.3, -0.25) is 0 Å². The largest absolute Gasteiger partial charge is 0.245 e. The van der Waals surface area contributed by atoms with Gasteiger partial charge in [0.2, 0.25) is 0 Å². The lowest BCUT2D eigenvalue weighted by atomic mass is 9.96. The highest BCUT2D eigenvalue weighted by Crippen LogP contribution is 2.41. The van der Waals surface area contributed by atoms with Crippen LogP contribution < -0.4 is 0 Å². The smallest absolute Gasteiger partial charge is 0.0979 e. The summed E-state index contributed by atoms with van der Waals surface area (Å²) in [6.07, 6.45) is 0. The van der Waals surface area contributed by atoms with E-state index in [4.69, 9.17) is 9.98 Å². The molecule has 0 N–H and O–H groups in total. The van der Waals surface area contributed by atoms with E-state index in [2.05, 4.69) is 97.1 Å². The van der Waals surface area contributed by atoms with Crippen molar-refractivity contribution in [2.75, 3.05) is 0 Å². The van der Waals surface area contributed by atoms with Gasteiger partial charge in [-0.15, -0.1) is 0 Å². The second-order valence-electron chi connectivity index (χ2n) is 7.44. The Morgan fingerprint density at radius 3 is 1.07 bits per heavy atom. The fraction of sp³-hybridized carbons (Fsp3) is 0.